The van der Waals surface area contributed by atoms with Gasteiger partial charge in [0, 0.05) is 37.6 Å². The van der Waals surface area contributed by atoms with Crippen LogP contribution in [0.2, 0.25) is 0 Å². The monoisotopic (exact) mass is 304 g/mol. The molecule has 1 saturated heterocycles. The number of anilines is 1. The number of aryl methyl sites for hydroxylation is 1. The van der Waals surface area contributed by atoms with Crippen molar-refractivity contribution in [3.05, 3.63) is 45.3 Å². The lowest BCUT2D eigenvalue weighted by Gasteiger charge is -2.34. The Balaban J connectivity index is 1.65. The van der Waals surface area contributed by atoms with Crippen LogP contribution in [0.3, 0.4) is 0 Å². The van der Waals surface area contributed by atoms with E-state index in [9.17, 15) is 9.59 Å². The molecular weight excluding hydrogens is 288 g/mol. The fourth-order valence-electron chi connectivity index (χ4n) is 2.33. The minimum Gasteiger partial charge on any atom is -0.345 e. The van der Waals surface area contributed by atoms with E-state index in [4.69, 9.17) is 0 Å². The van der Waals surface area contributed by atoms with Crippen LogP contribution in [-0.2, 0) is 0 Å². The summed E-state index contributed by atoms with van der Waals surface area (Å²) in [6.07, 6.45) is 0. The molecule has 0 aromatic carbocycles. The maximum atomic E-state index is 12.3. The second kappa shape index (κ2) is 5.69. The quantitative estimate of drug-likeness (QED) is 0.902. The van der Waals surface area contributed by atoms with E-state index in [0.717, 1.165) is 23.9 Å². The van der Waals surface area contributed by atoms with Crippen LogP contribution < -0.4 is 10.5 Å². The highest BCUT2D eigenvalue weighted by atomic mass is 32.1. The fraction of sp³-hybridized carbons (Fsp3) is 0.357. The molecule has 3 heterocycles. The molecule has 110 valence electrons. The van der Waals surface area contributed by atoms with Gasteiger partial charge in [-0.05, 0) is 13.0 Å². The van der Waals surface area contributed by atoms with Crippen molar-refractivity contribution in [2.24, 2.45) is 0 Å². The van der Waals surface area contributed by atoms with Crippen molar-refractivity contribution in [1.29, 1.82) is 0 Å². The van der Waals surface area contributed by atoms with E-state index in [2.05, 4.69) is 14.9 Å². The number of amides is 1. The zero-order valence-corrected chi connectivity index (χ0v) is 12.5. The Labute approximate surface area is 126 Å². The SMILES string of the molecule is Cc1csc(N2CCN(C(=O)c3cccc(=O)[nH]3)CC2)n1. The number of H-pyrrole nitrogens is 1. The van der Waals surface area contributed by atoms with Gasteiger partial charge in [0.1, 0.15) is 5.69 Å². The number of nitrogens with one attached hydrogen (secondary N) is 1. The number of piperazine rings is 1. The standard InChI is InChI=1S/C14H16N4O2S/c1-10-9-21-14(15-10)18-7-5-17(6-8-18)13(20)11-3-2-4-12(19)16-11/h2-4,9H,5-8H2,1H3,(H,16,19). The molecule has 0 unspecified atom stereocenters. The van der Waals surface area contributed by atoms with Crippen LogP contribution >= 0.6 is 11.3 Å². The first-order valence-corrected chi connectivity index (χ1v) is 7.67. The maximum Gasteiger partial charge on any atom is 0.270 e. The Kier molecular flexibility index (Phi) is 3.74. The lowest BCUT2D eigenvalue weighted by atomic mass is 10.2. The number of aromatic nitrogens is 2. The predicted molar refractivity (Wildman–Crippen MR) is 82.0 cm³/mol. The van der Waals surface area contributed by atoms with Crippen molar-refractivity contribution in [1.82, 2.24) is 14.9 Å². The normalized spacial score (nSPS) is 15.3. The molecule has 6 nitrogen and oxygen atoms in total. The average molecular weight is 304 g/mol. The molecular formula is C14H16N4O2S. The summed E-state index contributed by atoms with van der Waals surface area (Å²) >= 11 is 1.63. The number of carbonyl (C=O) groups is 1. The molecule has 0 atom stereocenters. The number of rotatable bonds is 2. The summed E-state index contributed by atoms with van der Waals surface area (Å²) in [6, 6.07) is 4.64. The van der Waals surface area contributed by atoms with E-state index >= 15 is 0 Å². The van der Waals surface area contributed by atoms with Crippen LogP contribution in [0.5, 0.6) is 0 Å². The lowest BCUT2D eigenvalue weighted by molar-refractivity contribution is 0.0740. The molecule has 0 spiro atoms. The molecule has 0 aliphatic carbocycles. The Bertz CT molecular complexity index is 701. The molecule has 1 amide bonds. The largest absolute Gasteiger partial charge is 0.345 e. The van der Waals surface area contributed by atoms with Gasteiger partial charge in [0.05, 0.1) is 5.69 Å². The van der Waals surface area contributed by atoms with Crippen LogP contribution in [-0.4, -0.2) is 47.0 Å². The van der Waals surface area contributed by atoms with Crippen LogP contribution in [0.4, 0.5) is 5.13 Å². The van der Waals surface area contributed by atoms with Crippen molar-refractivity contribution in [3.63, 3.8) is 0 Å². The average Bonchev–Trinajstić information content (AvgIpc) is 2.93. The number of thiazole rings is 1. The van der Waals surface area contributed by atoms with E-state index < -0.39 is 0 Å². The Morgan fingerprint density at radius 2 is 2.05 bits per heavy atom. The first kappa shape index (κ1) is 13.8. The Morgan fingerprint density at radius 3 is 2.67 bits per heavy atom. The van der Waals surface area contributed by atoms with Crippen molar-refractivity contribution >= 4 is 22.4 Å². The summed E-state index contributed by atoms with van der Waals surface area (Å²) < 4.78 is 0. The molecule has 0 radical (unpaired) electrons. The Hall–Kier alpha value is -2.15. The van der Waals surface area contributed by atoms with Crippen LogP contribution in [0.25, 0.3) is 0 Å². The molecule has 1 fully saturated rings. The van der Waals surface area contributed by atoms with Crippen molar-refractivity contribution in [2.75, 3.05) is 31.1 Å². The smallest absolute Gasteiger partial charge is 0.270 e. The molecule has 1 aliphatic rings. The van der Waals surface area contributed by atoms with Crippen molar-refractivity contribution in [2.45, 2.75) is 6.92 Å². The molecule has 7 heteroatoms. The van der Waals surface area contributed by atoms with E-state index in [1.165, 1.54) is 6.07 Å². The second-order valence-electron chi connectivity index (χ2n) is 4.98. The van der Waals surface area contributed by atoms with Gasteiger partial charge < -0.3 is 14.8 Å². The van der Waals surface area contributed by atoms with Gasteiger partial charge >= 0.3 is 0 Å². The highest BCUT2D eigenvalue weighted by Crippen LogP contribution is 2.21. The van der Waals surface area contributed by atoms with Gasteiger partial charge in [-0.2, -0.15) is 0 Å². The number of pyridine rings is 1. The van der Waals surface area contributed by atoms with Crippen molar-refractivity contribution < 1.29 is 4.79 Å². The summed E-state index contributed by atoms with van der Waals surface area (Å²) in [5, 5.41) is 3.04. The number of nitrogens with zero attached hydrogens (tertiary/aromatic N) is 3. The summed E-state index contributed by atoms with van der Waals surface area (Å²) in [7, 11) is 0. The van der Waals surface area contributed by atoms with Crippen LogP contribution in [0.15, 0.2) is 28.4 Å². The van der Waals surface area contributed by atoms with Crippen molar-refractivity contribution in [3.8, 4) is 0 Å². The van der Waals surface area contributed by atoms with Gasteiger partial charge in [-0.25, -0.2) is 4.98 Å². The number of aromatic amines is 1. The van der Waals surface area contributed by atoms with Gasteiger partial charge in [-0.3, -0.25) is 9.59 Å². The highest BCUT2D eigenvalue weighted by Gasteiger charge is 2.23. The first-order valence-electron chi connectivity index (χ1n) is 6.79. The first-order chi connectivity index (χ1) is 10.1. The second-order valence-corrected chi connectivity index (χ2v) is 5.82. The summed E-state index contributed by atoms with van der Waals surface area (Å²) in [6.45, 7) is 4.76. The molecule has 3 rings (SSSR count). The van der Waals surface area contributed by atoms with Gasteiger partial charge in [0.15, 0.2) is 5.13 Å². The third-order valence-corrected chi connectivity index (χ3v) is 4.46. The highest BCUT2D eigenvalue weighted by molar-refractivity contribution is 7.13. The summed E-state index contributed by atoms with van der Waals surface area (Å²) in [5.74, 6) is -0.123. The van der Waals surface area contributed by atoms with E-state index in [1.807, 2.05) is 12.3 Å². The summed E-state index contributed by atoms with van der Waals surface area (Å²) in [5.41, 5.74) is 1.12. The molecule has 0 saturated carbocycles. The third-order valence-electron chi connectivity index (χ3n) is 3.44. The third kappa shape index (κ3) is 2.97. The summed E-state index contributed by atoms with van der Waals surface area (Å²) in [4.78, 5) is 34.6. The van der Waals surface area contributed by atoms with Crippen LogP contribution in [0, 0.1) is 6.92 Å². The molecule has 1 aliphatic heterocycles. The number of carbonyl (C=O) groups excluding carboxylic acids is 1. The zero-order valence-electron chi connectivity index (χ0n) is 11.7. The van der Waals surface area contributed by atoms with Gasteiger partial charge in [0.2, 0.25) is 5.56 Å². The topological polar surface area (TPSA) is 69.3 Å². The number of hydrogen-bond donors (Lipinski definition) is 1. The zero-order chi connectivity index (χ0) is 14.8. The fourth-order valence-corrected chi connectivity index (χ4v) is 3.19. The number of hydrogen-bond acceptors (Lipinski definition) is 5. The van der Waals surface area contributed by atoms with E-state index in [-0.39, 0.29) is 11.5 Å². The molecule has 2 aromatic heterocycles. The maximum absolute atomic E-state index is 12.3. The Morgan fingerprint density at radius 1 is 1.29 bits per heavy atom. The van der Waals surface area contributed by atoms with Crippen LogP contribution in [0.1, 0.15) is 16.2 Å². The van der Waals surface area contributed by atoms with Gasteiger partial charge in [-0.1, -0.05) is 6.07 Å². The van der Waals surface area contributed by atoms with Gasteiger partial charge in [0.25, 0.3) is 5.91 Å². The minimum atomic E-state index is -0.252. The van der Waals surface area contributed by atoms with E-state index in [0.29, 0.717) is 18.8 Å². The molecule has 1 N–H and O–H groups in total. The molecule has 21 heavy (non-hydrogen) atoms. The molecule has 2 aromatic rings. The van der Waals surface area contributed by atoms with E-state index in [1.54, 1.807) is 28.4 Å². The minimum absolute atomic E-state index is 0.123. The predicted octanol–water partition coefficient (Wildman–Crippen LogP) is 1.10. The van der Waals surface area contributed by atoms with Gasteiger partial charge in [-0.15, -0.1) is 11.3 Å². The lowest BCUT2D eigenvalue weighted by Crippen LogP contribution is -2.49. The molecule has 0 bridgehead atoms.